The number of esters is 1. The molecule has 3 aliphatic rings. The maximum Gasteiger partial charge on any atom is 0.409 e. The summed E-state index contributed by atoms with van der Waals surface area (Å²) in [6.45, 7) is 8.95. The first-order valence-corrected chi connectivity index (χ1v) is 15.1. The van der Waals surface area contributed by atoms with E-state index in [9.17, 15) is 19.5 Å². The smallest absolute Gasteiger partial charge is 0.409 e. The third-order valence-corrected chi connectivity index (χ3v) is 9.06. The highest BCUT2D eigenvalue weighted by atomic mass is 35.5. The molecule has 4 rings (SSSR count). The summed E-state index contributed by atoms with van der Waals surface area (Å²) in [4.78, 5) is 40.7. The zero-order valence-corrected chi connectivity index (χ0v) is 27.3. The van der Waals surface area contributed by atoms with Crippen LogP contribution in [0.4, 0.5) is 10.5 Å². The number of carbonyl (C=O) groups excluding carboxylic acids is 3. The molecule has 44 heavy (non-hydrogen) atoms. The Morgan fingerprint density at radius 1 is 1.25 bits per heavy atom. The van der Waals surface area contributed by atoms with Gasteiger partial charge in [-0.2, -0.15) is 0 Å². The minimum absolute atomic E-state index is 0.00361. The van der Waals surface area contributed by atoms with Crippen molar-refractivity contribution in [3.8, 4) is 5.75 Å². The fraction of sp³-hybridized carbons (Fsp3) is 0.594. The van der Waals surface area contributed by atoms with Gasteiger partial charge in [0.2, 0.25) is 5.91 Å². The molecule has 0 aliphatic carbocycles. The number of rotatable bonds is 4. The van der Waals surface area contributed by atoms with Crippen LogP contribution in [0, 0.1) is 11.8 Å². The molecule has 0 spiro atoms. The van der Waals surface area contributed by atoms with Crippen molar-refractivity contribution in [3.63, 3.8) is 0 Å². The van der Waals surface area contributed by atoms with Gasteiger partial charge in [-0.15, -0.1) is 0 Å². The third-order valence-electron chi connectivity index (χ3n) is 8.68. The first-order chi connectivity index (χ1) is 20.6. The Bertz CT molecular complexity index is 1350. The second-order valence-electron chi connectivity index (χ2n) is 12.4. The number of aliphatic hydroxyl groups is 1. The number of alkyl carbamates (subject to hydrolysis) is 1. The molecule has 0 radical (unpaired) electrons. The molecular formula is C32H43ClN2O9. The minimum Gasteiger partial charge on any atom is -0.495 e. The maximum absolute atomic E-state index is 13.8. The van der Waals surface area contributed by atoms with Crippen LogP contribution >= 0.6 is 11.6 Å². The minimum atomic E-state index is -1.77. The van der Waals surface area contributed by atoms with Gasteiger partial charge < -0.3 is 33.7 Å². The molecule has 12 heteroatoms. The highest BCUT2D eigenvalue weighted by molar-refractivity contribution is 6.35. The summed E-state index contributed by atoms with van der Waals surface area (Å²) in [7, 11) is 4.56. The Labute approximate surface area is 263 Å². The van der Waals surface area contributed by atoms with Crippen molar-refractivity contribution in [3.05, 3.63) is 46.5 Å². The number of carbonyl (C=O) groups is 3. The summed E-state index contributed by atoms with van der Waals surface area (Å²) in [5, 5.41) is 14.4. The molecule has 2 amide bonds. The molecule has 1 aromatic rings. The number of hydrogen-bond donors (Lipinski definition) is 2. The van der Waals surface area contributed by atoms with Gasteiger partial charge in [-0.3, -0.25) is 14.9 Å². The van der Waals surface area contributed by atoms with Crippen molar-refractivity contribution in [1.29, 1.82) is 0 Å². The van der Waals surface area contributed by atoms with E-state index in [1.54, 1.807) is 40.0 Å². The van der Waals surface area contributed by atoms with Crippen molar-refractivity contribution >= 4 is 35.3 Å². The second kappa shape index (κ2) is 13.1. The van der Waals surface area contributed by atoms with Gasteiger partial charge in [0.05, 0.1) is 31.2 Å². The zero-order valence-electron chi connectivity index (χ0n) is 26.5. The Kier molecular flexibility index (Phi) is 10.0. The topological polar surface area (TPSA) is 136 Å². The number of ether oxygens (including phenoxy) is 5. The molecule has 242 valence electrons. The molecule has 11 nitrogen and oxygen atoms in total. The highest BCUT2D eigenvalue weighted by Gasteiger charge is 2.64. The first kappa shape index (κ1) is 33.8. The number of amides is 2. The van der Waals surface area contributed by atoms with Crippen molar-refractivity contribution in [2.75, 3.05) is 26.2 Å². The lowest BCUT2D eigenvalue weighted by molar-refractivity contribution is -0.157. The van der Waals surface area contributed by atoms with E-state index < -0.39 is 59.6 Å². The third kappa shape index (κ3) is 6.91. The van der Waals surface area contributed by atoms with Crippen LogP contribution in [0.15, 0.2) is 35.9 Å². The van der Waals surface area contributed by atoms with Crippen molar-refractivity contribution in [1.82, 2.24) is 5.32 Å². The Morgan fingerprint density at radius 2 is 1.95 bits per heavy atom. The van der Waals surface area contributed by atoms with Crippen molar-refractivity contribution in [2.24, 2.45) is 11.8 Å². The monoisotopic (exact) mass is 634 g/mol. The van der Waals surface area contributed by atoms with Gasteiger partial charge in [-0.1, -0.05) is 56.2 Å². The molecule has 2 saturated heterocycles. The zero-order chi connectivity index (χ0) is 32.6. The van der Waals surface area contributed by atoms with Crippen molar-refractivity contribution < 1.29 is 43.2 Å². The van der Waals surface area contributed by atoms with Gasteiger partial charge in [-0.25, -0.2) is 4.79 Å². The van der Waals surface area contributed by atoms with E-state index in [1.165, 1.54) is 19.1 Å². The van der Waals surface area contributed by atoms with Crippen LogP contribution in [0.5, 0.6) is 5.75 Å². The summed E-state index contributed by atoms with van der Waals surface area (Å²) in [6.07, 6.45) is 1.65. The molecule has 0 saturated carbocycles. The van der Waals surface area contributed by atoms with Crippen LogP contribution in [0.2, 0.25) is 5.02 Å². The molecule has 0 unspecified atom stereocenters. The molecule has 2 fully saturated rings. The molecule has 0 aromatic heterocycles. The van der Waals surface area contributed by atoms with Gasteiger partial charge in [-0.05, 0) is 38.0 Å². The molecule has 4 bridgehead atoms. The first-order valence-electron chi connectivity index (χ1n) is 14.7. The predicted octanol–water partition coefficient (Wildman–Crippen LogP) is 4.32. The van der Waals surface area contributed by atoms with Crippen LogP contribution < -0.4 is 15.0 Å². The van der Waals surface area contributed by atoms with E-state index in [4.69, 9.17) is 35.3 Å². The van der Waals surface area contributed by atoms with E-state index in [0.717, 1.165) is 11.1 Å². The number of methoxy groups -OCH3 is 2. The largest absolute Gasteiger partial charge is 0.495 e. The number of epoxide rings is 1. The molecule has 1 aromatic carbocycles. The SMILES string of the molecule is COc1cc2cc(c1Cl)N(C)C(=O)C[C@H](OC(=O)C(C)C)[C@]1(C)O[C@H]1[C@H](C)[C@@H]1C[C@@](O)(NC(=O)O1)[C@H](OC)/C=C\C=C(C)C2. The van der Waals surface area contributed by atoms with Crippen molar-refractivity contribution in [2.45, 2.75) is 89.6 Å². The molecule has 2 N–H and O–H groups in total. The summed E-state index contributed by atoms with van der Waals surface area (Å²) in [5.74, 6) is -1.30. The van der Waals surface area contributed by atoms with E-state index in [-0.39, 0.29) is 23.8 Å². The van der Waals surface area contributed by atoms with E-state index in [2.05, 4.69) is 5.32 Å². The molecular weight excluding hydrogens is 592 g/mol. The summed E-state index contributed by atoms with van der Waals surface area (Å²) in [5.41, 5.74) is -0.587. The summed E-state index contributed by atoms with van der Waals surface area (Å²) >= 11 is 6.68. The molecule has 3 aliphatic heterocycles. The quantitative estimate of drug-likeness (QED) is 0.366. The van der Waals surface area contributed by atoms with Gasteiger partial charge in [0, 0.05) is 26.5 Å². The van der Waals surface area contributed by atoms with E-state index in [0.29, 0.717) is 17.9 Å². The Balaban J connectivity index is 1.80. The van der Waals surface area contributed by atoms with Crippen LogP contribution in [0.25, 0.3) is 0 Å². The standard InChI is InChI=1S/C32H43ClN2O9/c1-17(2)29(37)43-25-15-26(36)35(6)21-13-20(14-22(40-7)27(21)33)12-18(3)10-9-11-24(41-8)32(39)16-23(42-30(38)34-32)19(4)28-31(25,5)44-28/h9-11,13-14,17,19,23-25,28,39H,12,15-16H2,1-8H3,(H,34,38)/b11-9-,18-10?/t19-,23+,24-,25+,28+,31+,32+/m1/s1. The second-order valence-corrected chi connectivity index (χ2v) is 12.8. The fourth-order valence-electron chi connectivity index (χ4n) is 5.88. The number of nitrogens with zero attached hydrogens (tertiary/aromatic N) is 1. The lowest BCUT2D eigenvalue weighted by Crippen LogP contribution is -2.63. The average Bonchev–Trinajstić information content (AvgIpc) is 3.66. The van der Waals surface area contributed by atoms with Gasteiger partial charge >= 0.3 is 12.1 Å². The summed E-state index contributed by atoms with van der Waals surface area (Å²) in [6, 6.07) is 3.63. The van der Waals surface area contributed by atoms with E-state index >= 15 is 0 Å². The van der Waals surface area contributed by atoms with E-state index in [1.807, 2.05) is 32.1 Å². The van der Waals surface area contributed by atoms with Crippen LogP contribution in [-0.2, 0) is 35.0 Å². The normalized spacial score (nSPS) is 33.5. The number of allylic oxidation sites excluding steroid dienone is 3. The average molecular weight is 635 g/mol. The number of fused-ring (bicyclic) bond motifs is 5. The number of halogens is 1. The summed E-state index contributed by atoms with van der Waals surface area (Å²) < 4.78 is 28.8. The lowest BCUT2D eigenvalue weighted by Gasteiger charge is -2.42. The number of anilines is 1. The van der Waals surface area contributed by atoms with Gasteiger partial charge in [0.1, 0.15) is 34.7 Å². The fourth-order valence-corrected chi connectivity index (χ4v) is 6.19. The predicted molar refractivity (Wildman–Crippen MR) is 164 cm³/mol. The Morgan fingerprint density at radius 3 is 2.59 bits per heavy atom. The van der Waals surface area contributed by atoms with Crippen LogP contribution in [0.1, 0.15) is 53.0 Å². The van der Waals surface area contributed by atoms with Gasteiger partial charge in [0.25, 0.3) is 0 Å². The van der Waals surface area contributed by atoms with Crippen LogP contribution in [-0.4, -0.2) is 80.1 Å². The van der Waals surface area contributed by atoms with Crippen LogP contribution in [0.3, 0.4) is 0 Å². The maximum atomic E-state index is 13.8. The molecule has 7 atom stereocenters. The number of hydrogen-bond acceptors (Lipinski definition) is 9. The number of benzene rings is 1. The number of nitrogens with one attached hydrogen (secondary N) is 1. The molecule has 3 heterocycles. The Hall–Kier alpha value is -3.12. The highest BCUT2D eigenvalue weighted by Crippen LogP contribution is 2.49. The van der Waals surface area contributed by atoms with Gasteiger partial charge in [0.15, 0.2) is 5.72 Å². The lowest BCUT2D eigenvalue weighted by atomic mass is 9.83.